The Hall–Kier alpha value is -2.21. The van der Waals surface area contributed by atoms with Crippen molar-refractivity contribution in [3.8, 4) is 0 Å². The quantitative estimate of drug-likeness (QED) is 0.609. The molecule has 1 atom stereocenters. The first-order chi connectivity index (χ1) is 13.9. The van der Waals surface area contributed by atoms with E-state index in [4.69, 9.17) is 0 Å². The third-order valence-electron chi connectivity index (χ3n) is 7.72. The Bertz CT molecular complexity index is 845. The van der Waals surface area contributed by atoms with Crippen molar-refractivity contribution in [2.45, 2.75) is 57.5 Å². The van der Waals surface area contributed by atoms with Gasteiger partial charge < -0.3 is 4.90 Å². The van der Waals surface area contributed by atoms with Gasteiger partial charge in [0.15, 0.2) is 6.67 Å². The van der Waals surface area contributed by atoms with E-state index in [1.165, 1.54) is 40.2 Å². The maximum absolute atomic E-state index is 13.3. The van der Waals surface area contributed by atoms with E-state index < -0.39 is 17.4 Å². The molecular formula is C23H30N3O3+. The van der Waals surface area contributed by atoms with E-state index in [1.807, 2.05) is 19.2 Å². The molecule has 154 valence electrons. The molecule has 1 N–H and O–H groups in total. The topological polar surface area (TPSA) is 62.1 Å². The number of nitrogens with zero attached hydrogens (tertiary/aromatic N) is 2. The standard InChI is InChI=1S/C23H29N3O3/c1-15-5-3-4-6-19(15)13-24(2)14-25-20(27)21(28)26(22(25)29)23-10-16-7-17(11-23)9-18(8-16)12-23/h3-6,16-18H,7-14H2,1-2H3/p+1. The molecule has 1 aromatic carbocycles. The van der Waals surface area contributed by atoms with E-state index in [-0.39, 0.29) is 12.7 Å². The number of hydrogen-bond donors (Lipinski definition) is 1. The fraction of sp³-hybridized carbons (Fsp3) is 0.609. The number of amides is 4. The zero-order valence-electron chi connectivity index (χ0n) is 17.3. The van der Waals surface area contributed by atoms with Gasteiger partial charge in [0.05, 0.1) is 12.6 Å². The summed E-state index contributed by atoms with van der Waals surface area (Å²) in [5.41, 5.74) is 1.97. The fourth-order valence-corrected chi connectivity index (χ4v) is 6.86. The SMILES string of the molecule is Cc1ccccc1C[NH+](C)CN1C(=O)C(=O)N(C23CC4CC(CC(C4)C2)C3)C1=O. The third kappa shape index (κ3) is 3.00. The summed E-state index contributed by atoms with van der Waals surface area (Å²) in [6, 6.07) is 7.75. The molecule has 0 aromatic heterocycles. The fourth-order valence-electron chi connectivity index (χ4n) is 6.86. The maximum atomic E-state index is 13.3. The Balaban J connectivity index is 1.34. The first-order valence-corrected chi connectivity index (χ1v) is 10.9. The molecule has 4 aliphatic carbocycles. The molecule has 1 saturated heterocycles. The second kappa shape index (κ2) is 6.66. The van der Waals surface area contributed by atoms with Gasteiger partial charge in [-0.05, 0) is 68.8 Å². The molecule has 6 nitrogen and oxygen atoms in total. The van der Waals surface area contributed by atoms with Gasteiger partial charge in [-0.1, -0.05) is 24.3 Å². The molecule has 5 aliphatic rings. The number of aryl methyl sites for hydroxylation is 1. The molecule has 29 heavy (non-hydrogen) atoms. The Morgan fingerprint density at radius 1 is 0.966 bits per heavy atom. The van der Waals surface area contributed by atoms with Crippen LogP contribution in [0.25, 0.3) is 0 Å². The average molecular weight is 397 g/mol. The van der Waals surface area contributed by atoms with Crippen molar-refractivity contribution in [1.82, 2.24) is 9.80 Å². The van der Waals surface area contributed by atoms with Gasteiger partial charge >= 0.3 is 17.8 Å². The Kier molecular flexibility index (Phi) is 4.32. The van der Waals surface area contributed by atoms with Crippen molar-refractivity contribution < 1.29 is 19.3 Å². The highest BCUT2D eigenvalue weighted by molar-refractivity contribution is 6.44. The minimum Gasteiger partial charge on any atom is -0.316 e. The van der Waals surface area contributed by atoms with Crippen LogP contribution in [0.4, 0.5) is 4.79 Å². The van der Waals surface area contributed by atoms with Crippen molar-refractivity contribution in [1.29, 1.82) is 0 Å². The molecule has 1 unspecified atom stereocenters. The van der Waals surface area contributed by atoms with Crippen molar-refractivity contribution in [3.05, 3.63) is 35.4 Å². The normalized spacial score (nSPS) is 34.4. The van der Waals surface area contributed by atoms with E-state index in [0.29, 0.717) is 24.3 Å². The molecule has 1 heterocycles. The first-order valence-electron chi connectivity index (χ1n) is 10.9. The lowest BCUT2D eigenvalue weighted by molar-refractivity contribution is -0.901. The second-order valence-electron chi connectivity index (χ2n) is 10.0. The minimum atomic E-state index is -0.644. The van der Waals surface area contributed by atoms with Crippen LogP contribution >= 0.6 is 0 Å². The average Bonchev–Trinajstić information content (AvgIpc) is 2.86. The molecule has 4 saturated carbocycles. The molecule has 4 bridgehead atoms. The third-order valence-corrected chi connectivity index (χ3v) is 7.72. The van der Waals surface area contributed by atoms with Crippen molar-refractivity contribution in [3.63, 3.8) is 0 Å². The monoisotopic (exact) mass is 396 g/mol. The van der Waals surface area contributed by atoms with Crippen LogP contribution in [0.5, 0.6) is 0 Å². The molecule has 4 amide bonds. The van der Waals surface area contributed by atoms with Crippen molar-refractivity contribution in [2.75, 3.05) is 13.7 Å². The summed E-state index contributed by atoms with van der Waals surface area (Å²) in [7, 11) is 1.96. The Labute approximate surface area is 171 Å². The van der Waals surface area contributed by atoms with E-state index in [1.54, 1.807) is 0 Å². The van der Waals surface area contributed by atoms with Gasteiger partial charge in [0.2, 0.25) is 0 Å². The minimum absolute atomic E-state index is 0.223. The number of quaternary nitrogens is 1. The summed E-state index contributed by atoms with van der Waals surface area (Å²) in [5, 5.41) is 0. The molecule has 5 fully saturated rings. The van der Waals surface area contributed by atoms with Crippen LogP contribution in [0.3, 0.4) is 0 Å². The molecule has 1 aromatic rings. The molecule has 0 spiro atoms. The first kappa shape index (κ1) is 18.8. The van der Waals surface area contributed by atoms with Gasteiger partial charge in [0.25, 0.3) is 0 Å². The number of carbonyl (C=O) groups is 3. The number of carbonyl (C=O) groups excluding carboxylic acids is 3. The Morgan fingerprint density at radius 2 is 1.55 bits per heavy atom. The van der Waals surface area contributed by atoms with Gasteiger partial charge in [0.1, 0.15) is 6.54 Å². The second-order valence-corrected chi connectivity index (χ2v) is 10.0. The summed E-state index contributed by atoms with van der Waals surface area (Å²) < 4.78 is 0. The highest BCUT2D eigenvalue weighted by Crippen LogP contribution is 2.58. The van der Waals surface area contributed by atoms with Crippen LogP contribution in [-0.4, -0.2) is 46.9 Å². The lowest BCUT2D eigenvalue weighted by Crippen LogP contribution is -3.09. The van der Waals surface area contributed by atoms with Crippen molar-refractivity contribution >= 4 is 17.8 Å². The van der Waals surface area contributed by atoms with Crippen LogP contribution in [0.1, 0.15) is 49.7 Å². The highest BCUT2D eigenvalue weighted by atomic mass is 16.2. The largest absolute Gasteiger partial charge is 0.339 e. The van der Waals surface area contributed by atoms with Gasteiger partial charge in [-0.2, -0.15) is 0 Å². The summed E-state index contributed by atoms with van der Waals surface area (Å²) in [5.74, 6) is 0.594. The van der Waals surface area contributed by atoms with E-state index in [0.717, 1.165) is 24.2 Å². The van der Waals surface area contributed by atoms with Crippen LogP contribution in [0, 0.1) is 24.7 Å². The van der Waals surface area contributed by atoms with Crippen LogP contribution < -0.4 is 4.90 Å². The zero-order valence-corrected chi connectivity index (χ0v) is 17.3. The van der Waals surface area contributed by atoms with Crippen LogP contribution in [-0.2, 0) is 16.1 Å². The van der Waals surface area contributed by atoms with Crippen LogP contribution in [0.15, 0.2) is 24.3 Å². The van der Waals surface area contributed by atoms with Crippen LogP contribution in [0.2, 0.25) is 0 Å². The Morgan fingerprint density at radius 3 is 2.14 bits per heavy atom. The van der Waals surface area contributed by atoms with E-state index in [9.17, 15) is 14.4 Å². The van der Waals surface area contributed by atoms with E-state index >= 15 is 0 Å². The summed E-state index contributed by atoms with van der Waals surface area (Å²) in [4.78, 5) is 42.6. The summed E-state index contributed by atoms with van der Waals surface area (Å²) in [6.45, 7) is 2.99. The molecule has 0 radical (unpaired) electrons. The number of hydrogen-bond acceptors (Lipinski definition) is 3. The molecule has 1 aliphatic heterocycles. The van der Waals surface area contributed by atoms with Gasteiger partial charge in [-0.3, -0.25) is 9.59 Å². The smallest absolute Gasteiger partial charge is 0.316 e. The van der Waals surface area contributed by atoms with Gasteiger partial charge in [0, 0.05) is 5.56 Å². The summed E-state index contributed by atoms with van der Waals surface area (Å²) >= 11 is 0. The zero-order chi connectivity index (χ0) is 20.3. The number of imide groups is 2. The highest BCUT2D eigenvalue weighted by Gasteiger charge is 2.61. The van der Waals surface area contributed by atoms with Gasteiger partial charge in [-0.15, -0.1) is 0 Å². The van der Waals surface area contributed by atoms with Gasteiger partial charge in [-0.25, -0.2) is 14.6 Å². The van der Waals surface area contributed by atoms with E-state index in [2.05, 4.69) is 19.1 Å². The maximum Gasteiger partial charge on any atom is 0.339 e. The lowest BCUT2D eigenvalue weighted by atomic mass is 9.52. The van der Waals surface area contributed by atoms with Crippen molar-refractivity contribution in [2.24, 2.45) is 17.8 Å². The predicted molar refractivity (Wildman–Crippen MR) is 107 cm³/mol. The number of urea groups is 1. The molecule has 6 heteroatoms. The number of benzene rings is 1. The molecule has 6 rings (SSSR count). The molecular weight excluding hydrogens is 366 g/mol. The number of nitrogens with one attached hydrogen (secondary N) is 1. The number of rotatable bonds is 5. The summed E-state index contributed by atoms with van der Waals surface area (Å²) in [6.07, 6.45) is 6.37. The lowest BCUT2D eigenvalue weighted by Gasteiger charge is -2.58. The predicted octanol–water partition coefficient (Wildman–Crippen LogP) is 1.73.